The maximum Gasteiger partial charge on any atom is 0.238 e. The number of ether oxygens (including phenoxy) is 1. The molecule has 194 valence electrons. The van der Waals surface area contributed by atoms with E-state index in [-0.39, 0.29) is 34.1 Å². The lowest BCUT2D eigenvalue weighted by molar-refractivity contribution is -0.140. The molecule has 0 saturated heterocycles. The van der Waals surface area contributed by atoms with Gasteiger partial charge in [0.05, 0.1) is 23.2 Å². The van der Waals surface area contributed by atoms with E-state index in [1.54, 1.807) is 7.11 Å². The number of fused-ring (bicyclic) bond motifs is 3. The van der Waals surface area contributed by atoms with Gasteiger partial charge in [-0.1, -0.05) is 6.07 Å². The topological polar surface area (TPSA) is 209 Å². The number of benzene rings is 2. The number of rotatable bonds is 8. The Morgan fingerprint density at radius 1 is 1.14 bits per heavy atom. The fraction of sp³-hybridized carbons (Fsp3) is 0.280. The first kappa shape index (κ1) is 25.8. The van der Waals surface area contributed by atoms with Crippen molar-refractivity contribution in [3.05, 3.63) is 46.7 Å². The Kier molecular flexibility index (Phi) is 6.74. The number of carbonyl (C=O) groups is 4. The summed E-state index contributed by atoms with van der Waals surface area (Å²) in [6.07, 6.45) is 2.82. The van der Waals surface area contributed by atoms with Crippen LogP contribution in [0.1, 0.15) is 22.3 Å². The molecule has 2 aromatic carbocycles. The average molecular weight is 511 g/mol. The fourth-order valence-corrected chi connectivity index (χ4v) is 4.51. The third-order valence-electron chi connectivity index (χ3n) is 6.33. The molecule has 0 heterocycles. The molecule has 4 rings (SSSR count). The van der Waals surface area contributed by atoms with Crippen LogP contribution in [0, 0.1) is 5.92 Å². The molecule has 2 amide bonds. The monoisotopic (exact) mass is 511 g/mol. The number of methoxy groups -OCH3 is 1. The molecular weight excluding hydrogens is 486 g/mol. The number of primary amides is 1. The molecule has 0 radical (unpaired) electrons. The number of aliphatic hydroxyl groups excluding tert-OH is 1. The molecule has 0 spiro atoms. The lowest BCUT2D eigenvalue weighted by atomic mass is 9.68. The van der Waals surface area contributed by atoms with Crippen LogP contribution in [0.15, 0.2) is 35.6 Å². The number of phenolic OH excluding ortho intramolecular Hbond substituents is 2. The van der Waals surface area contributed by atoms with Crippen molar-refractivity contribution in [3.63, 3.8) is 0 Å². The van der Waals surface area contributed by atoms with Crippen LogP contribution >= 0.6 is 0 Å². The Morgan fingerprint density at radius 2 is 1.86 bits per heavy atom. The third-order valence-corrected chi connectivity index (χ3v) is 6.33. The SMILES string of the molecule is COCCCNCC(=O)Nc1ccc2cc3c(c(O)c2c1O)C(=O)C1(O)C(=O)C(C(N)=O)C(O)=CC1=C3. The van der Waals surface area contributed by atoms with E-state index in [9.17, 15) is 39.6 Å². The lowest BCUT2D eigenvalue weighted by Gasteiger charge is -2.36. The van der Waals surface area contributed by atoms with Crippen molar-refractivity contribution in [2.75, 3.05) is 32.1 Å². The average Bonchev–Trinajstić information content (AvgIpc) is 2.82. The molecule has 12 heteroatoms. The van der Waals surface area contributed by atoms with Crippen LogP contribution < -0.4 is 16.4 Å². The molecule has 0 aromatic heterocycles. The molecule has 0 bridgehead atoms. The highest BCUT2D eigenvalue weighted by Crippen LogP contribution is 2.47. The normalized spacial score (nSPS) is 20.6. The number of phenols is 2. The van der Waals surface area contributed by atoms with Gasteiger partial charge in [0.15, 0.2) is 17.5 Å². The van der Waals surface area contributed by atoms with Gasteiger partial charge in [-0.05, 0) is 48.2 Å². The van der Waals surface area contributed by atoms with Crippen LogP contribution in [0.4, 0.5) is 5.69 Å². The Bertz CT molecular complexity index is 1410. The molecule has 0 aliphatic heterocycles. The summed E-state index contributed by atoms with van der Waals surface area (Å²) in [6.45, 7) is 1.00. The fourth-order valence-electron chi connectivity index (χ4n) is 4.51. The van der Waals surface area contributed by atoms with Crippen molar-refractivity contribution in [3.8, 4) is 11.5 Å². The smallest absolute Gasteiger partial charge is 0.238 e. The molecule has 2 aliphatic carbocycles. The largest absolute Gasteiger partial charge is 0.511 e. The van der Waals surface area contributed by atoms with Gasteiger partial charge in [-0.2, -0.15) is 0 Å². The molecule has 2 aliphatic rings. The van der Waals surface area contributed by atoms with Crippen LogP contribution in [0.25, 0.3) is 16.8 Å². The number of anilines is 1. The molecule has 8 N–H and O–H groups in total. The van der Waals surface area contributed by atoms with Crippen molar-refractivity contribution in [1.29, 1.82) is 0 Å². The zero-order valence-corrected chi connectivity index (χ0v) is 19.7. The Balaban J connectivity index is 1.73. The second-order valence-electron chi connectivity index (χ2n) is 8.73. The molecule has 37 heavy (non-hydrogen) atoms. The number of aromatic hydroxyl groups is 2. The van der Waals surface area contributed by atoms with E-state index < -0.39 is 57.7 Å². The summed E-state index contributed by atoms with van der Waals surface area (Å²) in [5.74, 6) is -8.30. The Hall–Kier alpha value is -4.26. The zero-order chi connectivity index (χ0) is 27.1. The Morgan fingerprint density at radius 3 is 2.54 bits per heavy atom. The van der Waals surface area contributed by atoms with Gasteiger partial charge in [0.25, 0.3) is 0 Å². The second-order valence-corrected chi connectivity index (χ2v) is 8.73. The van der Waals surface area contributed by atoms with Crippen molar-refractivity contribution in [2.24, 2.45) is 11.7 Å². The van der Waals surface area contributed by atoms with Gasteiger partial charge >= 0.3 is 0 Å². The van der Waals surface area contributed by atoms with E-state index in [0.29, 0.717) is 19.6 Å². The van der Waals surface area contributed by atoms with Crippen molar-refractivity contribution in [2.45, 2.75) is 12.0 Å². The highest BCUT2D eigenvalue weighted by Gasteiger charge is 2.57. The van der Waals surface area contributed by atoms with E-state index in [0.717, 1.165) is 6.08 Å². The maximum atomic E-state index is 13.4. The molecule has 12 nitrogen and oxygen atoms in total. The van der Waals surface area contributed by atoms with E-state index in [1.807, 2.05) is 0 Å². The lowest BCUT2D eigenvalue weighted by Crippen LogP contribution is -2.56. The Labute approximate surface area is 210 Å². The predicted octanol–water partition coefficient (Wildman–Crippen LogP) is 0.252. The minimum Gasteiger partial charge on any atom is -0.511 e. The van der Waals surface area contributed by atoms with Crippen LogP contribution in [0.3, 0.4) is 0 Å². The van der Waals surface area contributed by atoms with Gasteiger partial charge in [0, 0.05) is 19.3 Å². The standard InChI is InChI=1S/C25H25N3O9/c1-37-6-2-5-27-10-16(30)28-14-4-3-11-7-12-8-13-9-15(29)19(24(26)35)23(34)25(13,36)22(33)18(12)21(32)17(11)20(14)31/h3-4,7-9,19,27,29,31-32,36H,2,5-6,10H2,1H3,(H2,26,35)(H,28,30). The van der Waals surface area contributed by atoms with Crippen LogP contribution in [-0.4, -0.2) is 76.2 Å². The van der Waals surface area contributed by atoms with E-state index in [4.69, 9.17) is 10.5 Å². The highest BCUT2D eigenvalue weighted by molar-refractivity contribution is 6.30. The first-order valence-electron chi connectivity index (χ1n) is 11.3. The summed E-state index contributed by atoms with van der Waals surface area (Å²) in [5, 5.41) is 48.6. The number of hydrogen-bond donors (Lipinski definition) is 7. The number of Topliss-reactive ketones (excluding diaryl/α,β-unsaturated/α-hetero) is 2. The van der Waals surface area contributed by atoms with Gasteiger partial charge in [-0.25, -0.2) is 0 Å². The number of ketones is 2. The minimum atomic E-state index is -2.89. The van der Waals surface area contributed by atoms with Gasteiger partial charge in [0.2, 0.25) is 23.2 Å². The molecule has 2 aromatic rings. The summed E-state index contributed by atoms with van der Waals surface area (Å²) in [5.41, 5.74) is 1.56. The summed E-state index contributed by atoms with van der Waals surface area (Å²) >= 11 is 0. The number of hydrogen-bond acceptors (Lipinski definition) is 10. The minimum absolute atomic E-state index is 0.0416. The molecule has 0 fully saturated rings. The van der Waals surface area contributed by atoms with Gasteiger partial charge in [-0.15, -0.1) is 0 Å². The first-order chi connectivity index (χ1) is 17.5. The van der Waals surface area contributed by atoms with E-state index >= 15 is 0 Å². The van der Waals surface area contributed by atoms with Crippen molar-refractivity contribution >= 4 is 45.9 Å². The van der Waals surface area contributed by atoms with Crippen molar-refractivity contribution in [1.82, 2.24) is 5.32 Å². The number of nitrogens with one attached hydrogen (secondary N) is 2. The summed E-state index contributed by atoms with van der Waals surface area (Å²) in [4.78, 5) is 50.3. The maximum absolute atomic E-state index is 13.4. The van der Waals surface area contributed by atoms with Gasteiger partial charge < -0.3 is 41.5 Å². The van der Waals surface area contributed by atoms with E-state index in [1.165, 1.54) is 24.3 Å². The summed E-state index contributed by atoms with van der Waals surface area (Å²) in [6, 6.07) is 4.32. The molecule has 0 saturated carbocycles. The molecule has 2 unspecified atom stereocenters. The number of nitrogens with two attached hydrogens (primary N) is 1. The number of aliphatic hydroxyl groups is 2. The third kappa shape index (κ3) is 4.20. The number of carbonyl (C=O) groups excluding carboxylic acids is 4. The van der Waals surface area contributed by atoms with Crippen molar-refractivity contribution < 1.29 is 44.3 Å². The summed E-state index contributed by atoms with van der Waals surface area (Å²) < 4.78 is 4.93. The highest BCUT2D eigenvalue weighted by atomic mass is 16.5. The molecule has 2 atom stereocenters. The first-order valence-corrected chi connectivity index (χ1v) is 11.3. The zero-order valence-electron chi connectivity index (χ0n) is 19.7. The van der Waals surface area contributed by atoms with Gasteiger partial charge in [-0.3, -0.25) is 19.2 Å². The van der Waals surface area contributed by atoms with Crippen LogP contribution in [0.5, 0.6) is 11.5 Å². The van der Waals surface area contributed by atoms with Crippen LogP contribution in [-0.2, 0) is 19.1 Å². The quantitative estimate of drug-likeness (QED) is 0.146. The summed E-state index contributed by atoms with van der Waals surface area (Å²) in [7, 11) is 1.57. The predicted molar refractivity (Wildman–Crippen MR) is 131 cm³/mol. The van der Waals surface area contributed by atoms with E-state index in [2.05, 4.69) is 10.6 Å². The van der Waals surface area contributed by atoms with Crippen LogP contribution in [0.2, 0.25) is 0 Å². The van der Waals surface area contributed by atoms with Gasteiger partial charge in [0.1, 0.15) is 11.5 Å². The molecular formula is C25H25N3O9. The number of amides is 2. The second kappa shape index (κ2) is 9.65.